The van der Waals surface area contributed by atoms with E-state index in [2.05, 4.69) is 25.1 Å². The van der Waals surface area contributed by atoms with Gasteiger partial charge in [0.2, 0.25) is 0 Å². The molecule has 1 atom stereocenters. The molecule has 0 radical (unpaired) electrons. The molecule has 0 fully saturated rings. The first-order chi connectivity index (χ1) is 9.19. The van der Waals surface area contributed by atoms with Gasteiger partial charge in [0.15, 0.2) is 0 Å². The summed E-state index contributed by atoms with van der Waals surface area (Å²) in [5.74, 6) is 1.81. The smallest absolute Gasteiger partial charge is 0.130 e. The molecule has 2 N–H and O–H groups in total. The van der Waals surface area contributed by atoms with Crippen molar-refractivity contribution in [2.24, 2.45) is 5.73 Å². The largest absolute Gasteiger partial charge is 0.457 e. The van der Waals surface area contributed by atoms with E-state index < -0.39 is 0 Å². The molecule has 0 heterocycles. The van der Waals surface area contributed by atoms with Crippen LogP contribution < -0.4 is 10.5 Å². The second-order valence-electron chi connectivity index (χ2n) is 4.89. The van der Waals surface area contributed by atoms with Crippen LogP contribution in [0.3, 0.4) is 0 Å². The average molecular weight is 255 g/mol. The van der Waals surface area contributed by atoms with Crippen molar-refractivity contribution in [3.63, 3.8) is 0 Å². The Morgan fingerprint density at radius 1 is 1.11 bits per heavy atom. The monoisotopic (exact) mass is 255 g/mol. The van der Waals surface area contributed by atoms with Crippen molar-refractivity contribution in [3.8, 4) is 11.5 Å². The van der Waals surface area contributed by atoms with Crippen LogP contribution in [0.1, 0.15) is 25.0 Å². The van der Waals surface area contributed by atoms with Crippen LogP contribution in [0.15, 0.2) is 48.5 Å². The predicted octanol–water partition coefficient (Wildman–Crippen LogP) is 3.93. The first kappa shape index (κ1) is 13.6. The van der Waals surface area contributed by atoms with E-state index in [1.54, 1.807) is 0 Å². The van der Waals surface area contributed by atoms with Crippen LogP contribution in [-0.4, -0.2) is 6.04 Å². The van der Waals surface area contributed by atoms with E-state index in [1.807, 2.05) is 37.3 Å². The van der Waals surface area contributed by atoms with Crippen LogP contribution in [0.25, 0.3) is 0 Å². The fraction of sp³-hybridized carbons (Fsp3) is 0.294. The van der Waals surface area contributed by atoms with Crippen LogP contribution in [0.5, 0.6) is 11.5 Å². The summed E-state index contributed by atoms with van der Waals surface area (Å²) in [4.78, 5) is 0. The average Bonchev–Trinajstić information content (AvgIpc) is 2.39. The van der Waals surface area contributed by atoms with Gasteiger partial charge in [-0.05, 0) is 49.1 Å². The lowest BCUT2D eigenvalue weighted by Gasteiger charge is -2.11. The quantitative estimate of drug-likeness (QED) is 0.878. The Kier molecular flexibility index (Phi) is 4.58. The SMILES string of the molecule is CCc1ccccc1Oc1cccc(CC(C)N)c1. The molecule has 0 amide bonds. The predicted molar refractivity (Wildman–Crippen MR) is 79.7 cm³/mol. The highest BCUT2D eigenvalue weighted by Crippen LogP contribution is 2.26. The number of hydrogen-bond donors (Lipinski definition) is 1. The molecule has 0 saturated carbocycles. The summed E-state index contributed by atoms with van der Waals surface area (Å²) in [6.07, 6.45) is 1.84. The highest BCUT2D eigenvalue weighted by atomic mass is 16.5. The van der Waals surface area contributed by atoms with Gasteiger partial charge in [-0.25, -0.2) is 0 Å². The molecule has 100 valence electrons. The third-order valence-electron chi connectivity index (χ3n) is 3.04. The van der Waals surface area contributed by atoms with E-state index in [1.165, 1.54) is 11.1 Å². The zero-order valence-corrected chi connectivity index (χ0v) is 11.6. The summed E-state index contributed by atoms with van der Waals surface area (Å²) in [7, 11) is 0. The van der Waals surface area contributed by atoms with Crippen LogP contribution in [0.4, 0.5) is 0 Å². The number of benzene rings is 2. The molecule has 2 aromatic rings. The standard InChI is InChI=1S/C17H21NO/c1-3-15-8-4-5-10-17(15)19-16-9-6-7-14(12-16)11-13(2)18/h4-10,12-13H,3,11,18H2,1-2H3. The zero-order valence-electron chi connectivity index (χ0n) is 11.6. The summed E-state index contributed by atoms with van der Waals surface area (Å²) in [6.45, 7) is 4.15. The summed E-state index contributed by atoms with van der Waals surface area (Å²) >= 11 is 0. The van der Waals surface area contributed by atoms with Crippen LogP contribution in [0, 0.1) is 0 Å². The molecule has 19 heavy (non-hydrogen) atoms. The summed E-state index contributed by atoms with van der Waals surface area (Å²) in [5.41, 5.74) is 8.26. The fourth-order valence-electron chi connectivity index (χ4n) is 2.13. The Hall–Kier alpha value is -1.80. The molecule has 0 aliphatic heterocycles. The van der Waals surface area contributed by atoms with Gasteiger partial charge >= 0.3 is 0 Å². The number of hydrogen-bond acceptors (Lipinski definition) is 2. The minimum Gasteiger partial charge on any atom is -0.457 e. The van der Waals surface area contributed by atoms with Gasteiger partial charge in [0, 0.05) is 6.04 Å². The van der Waals surface area contributed by atoms with Crippen molar-refractivity contribution in [3.05, 3.63) is 59.7 Å². The second-order valence-corrected chi connectivity index (χ2v) is 4.89. The number of nitrogens with two attached hydrogens (primary N) is 1. The molecule has 0 aliphatic carbocycles. The third kappa shape index (κ3) is 3.83. The van der Waals surface area contributed by atoms with E-state index in [9.17, 15) is 0 Å². The molecule has 2 heteroatoms. The van der Waals surface area contributed by atoms with Crippen molar-refractivity contribution in [2.45, 2.75) is 32.7 Å². The first-order valence-electron chi connectivity index (χ1n) is 6.79. The van der Waals surface area contributed by atoms with Gasteiger partial charge in [-0.1, -0.05) is 37.3 Å². The van der Waals surface area contributed by atoms with Gasteiger partial charge < -0.3 is 10.5 Å². The Labute approximate surface area is 115 Å². The van der Waals surface area contributed by atoms with E-state index >= 15 is 0 Å². The minimum atomic E-state index is 0.165. The molecule has 0 aliphatic rings. The molecule has 0 spiro atoms. The van der Waals surface area contributed by atoms with E-state index in [-0.39, 0.29) is 6.04 Å². The Balaban J connectivity index is 2.18. The molecule has 0 saturated heterocycles. The van der Waals surface area contributed by atoms with Gasteiger partial charge in [-0.3, -0.25) is 0 Å². The summed E-state index contributed by atoms with van der Waals surface area (Å²) in [6, 6.07) is 16.5. The highest BCUT2D eigenvalue weighted by molar-refractivity contribution is 5.39. The fourth-order valence-corrected chi connectivity index (χ4v) is 2.13. The van der Waals surface area contributed by atoms with Gasteiger partial charge in [-0.15, -0.1) is 0 Å². The number of rotatable bonds is 5. The lowest BCUT2D eigenvalue weighted by atomic mass is 10.1. The first-order valence-corrected chi connectivity index (χ1v) is 6.79. The highest BCUT2D eigenvalue weighted by Gasteiger charge is 2.04. The van der Waals surface area contributed by atoms with Crippen LogP contribution in [0.2, 0.25) is 0 Å². The lowest BCUT2D eigenvalue weighted by molar-refractivity contribution is 0.476. The number of para-hydroxylation sites is 1. The molecular weight excluding hydrogens is 234 g/mol. The molecule has 1 unspecified atom stereocenters. The normalized spacial score (nSPS) is 12.2. The number of ether oxygens (including phenoxy) is 1. The Bertz CT molecular complexity index is 534. The van der Waals surface area contributed by atoms with E-state index in [0.717, 1.165) is 24.3 Å². The van der Waals surface area contributed by atoms with Crippen molar-refractivity contribution in [2.75, 3.05) is 0 Å². The molecule has 2 rings (SSSR count). The van der Waals surface area contributed by atoms with Crippen molar-refractivity contribution < 1.29 is 4.74 Å². The maximum atomic E-state index is 5.98. The second kappa shape index (κ2) is 6.39. The van der Waals surface area contributed by atoms with Crippen LogP contribution in [-0.2, 0) is 12.8 Å². The van der Waals surface area contributed by atoms with Gasteiger partial charge in [0.05, 0.1) is 0 Å². The Morgan fingerprint density at radius 3 is 2.63 bits per heavy atom. The molecule has 0 aromatic heterocycles. The summed E-state index contributed by atoms with van der Waals surface area (Å²) < 4.78 is 5.98. The minimum absolute atomic E-state index is 0.165. The van der Waals surface area contributed by atoms with Gasteiger partial charge in [0.1, 0.15) is 11.5 Å². The zero-order chi connectivity index (χ0) is 13.7. The molecule has 0 bridgehead atoms. The Morgan fingerprint density at radius 2 is 1.89 bits per heavy atom. The van der Waals surface area contributed by atoms with Crippen molar-refractivity contribution in [1.29, 1.82) is 0 Å². The van der Waals surface area contributed by atoms with Gasteiger partial charge in [-0.2, -0.15) is 0 Å². The molecule has 2 aromatic carbocycles. The maximum absolute atomic E-state index is 5.98. The summed E-state index contributed by atoms with van der Waals surface area (Å²) in [5, 5.41) is 0. The van der Waals surface area contributed by atoms with Crippen molar-refractivity contribution >= 4 is 0 Å². The van der Waals surface area contributed by atoms with Crippen LogP contribution >= 0.6 is 0 Å². The third-order valence-corrected chi connectivity index (χ3v) is 3.04. The van der Waals surface area contributed by atoms with Gasteiger partial charge in [0.25, 0.3) is 0 Å². The molecular formula is C17H21NO. The molecule has 2 nitrogen and oxygen atoms in total. The van der Waals surface area contributed by atoms with Crippen molar-refractivity contribution in [1.82, 2.24) is 0 Å². The lowest BCUT2D eigenvalue weighted by Crippen LogP contribution is -2.17. The van der Waals surface area contributed by atoms with E-state index in [0.29, 0.717) is 0 Å². The maximum Gasteiger partial charge on any atom is 0.130 e. The van der Waals surface area contributed by atoms with E-state index in [4.69, 9.17) is 10.5 Å². The topological polar surface area (TPSA) is 35.2 Å². The number of aryl methyl sites for hydroxylation is 1.